The number of hydrogen-bond donors (Lipinski definition) is 1. The summed E-state index contributed by atoms with van der Waals surface area (Å²) >= 11 is 0. The number of likely N-dealkylation sites (N-methyl/N-ethyl adjacent to an activating group) is 1. The Morgan fingerprint density at radius 2 is 2.05 bits per heavy atom. The first-order valence-corrected chi connectivity index (χ1v) is 8.04. The van der Waals surface area contributed by atoms with E-state index in [1.807, 2.05) is 0 Å². The van der Waals surface area contributed by atoms with E-state index in [2.05, 4.69) is 16.8 Å². The van der Waals surface area contributed by atoms with Gasteiger partial charge in [-0.3, -0.25) is 4.90 Å². The lowest BCUT2D eigenvalue weighted by Gasteiger charge is -2.39. The largest absolute Gasteiger partial charge is 0.374 e. The van der Waals surface area contributed by atoms with E-state index >= 15 is 0 Å². The second-order valence-electron chi connectivity index (χ2n) is 6.18. The minimum absolute atomic E-state index is 0.387. The third kappa shape index (κ3) is 5.03. The first-order valence-electron chi connectivity index (χ1n) is 8.04. The lowest BCUT2D eigenvalue weighted by atomic mass is 9.93. The van der Waals surface area contributed by atoms with Crippen LogP contribution >= 0.6 is 0 Å². The Morgan fingerprint density at radius 3 is 2.74 bits per heavy atom. The summed E-state index contributed by atoms with van der Waals surface area (Å²) in [4.78, 5) is 5.05. The van der Waals surface area contributed by atoms with Crippen molar-refractivity contribution in [1.82, 2.24) is 9.80 Å². The van der Waals surface area contributed by atoms with Gasteiger partial charge < -0.3 is 15.4 Å². The van der Waals surface area contributed by atoms with Crippen LogP contribution in [0.1, 0.15) is 38.5 Å². The summed E-state index contributed by atoms with van der Waals surface area (Å²) in [6.07, 6.45) is 8.45. The molecule has 1 saturated carbocycles. The van der Waals surface area contributed by atoms with E-state index in [0.717, 1.165) is 51.8 Å². The minimum atomic E-state index is 0.387. The Labute approximate surface area is 118 Å². The fourth-order valence-electron chi connectivity index (χ4n) is 3.40. The Kier molecular flexibility index (Phi) is 6.57. The summed E-state index contributed by atoms with van der Waals surface area (Å²) in [5, 5.41) is 0. The SMILES string of the molecule is CN1CCOC(CN(CCCN)C2CCCCC2)C1. The van der Waals surface area contributed by atoms with Crippen molar-refractivity contribution in [2.75, 3.05) is 46.4 Å². The average Bonchev–Trinajstić information content (AvgIpc) is 2.44. The molecule has 0 aromatic carbocycles. The van der Waals surface area contributed by atoms with E-state index in [0.29, 0.717) is 6.10 Å². The molecule has 112 valence electrons. The molecule has 4 heteroatoms. The molecule has 0 spiro atoms. The minimum Gasteiger partial charge on any atom is -0.374 e. The number of rotatable bonds is 6. The van der Waals surface area contributed by atoms with Crippen LogP contribution in [0.5, 0.6) is 0 Å². The van der Waals surface area contributed by atoms with Gasteiger partial charge >= 0.3 is 0 Å². The van der Waals surface area contributed by atoms with Gasteiger partial charge in [-0.25, -0.2) is 0 Å². The fraction of sp³-hybridized carbons (Fsp3) is 1.00. The monoisotopic (exact) mass is 269 g/mol. The van der Waals surface area contributed by atoms with E-state index in [4.69, 9.17) is 10.5 Å². The lowest BCUT2D eigenvalue weighted by molar-refractivity contribution is -0.0437. The summed E-state index contributed by atoms with van der Waals surface area (Å²) in [6, 6.07) is 0.774. The summed E-state index contributed by atoms with van der Waals surface area (Å²) < 4.78 is 5.94. The van der Waals surface area contributed by atoms with Crippen LogP contribution in [-0.2, 0) is 4.74 Å². The van der Waals surface area contributed by atoms with Gasteiger partial charge in [0.25, 0.3) is 0 Å². The van der Waals surface area contributed by atoms with Gasteiger partial charge in [0, 0.05) is 25.7 Å². The Bertz CT molecular complexity index is 244. The smallest absolute Gasteiger partial charge is 0.0829 e. The standard InChI is InChI=1S/C15H31N3O/c1-17-10-11-19-15(12-17)13-18(9-5-8-16)14-6-3-2-4-7-14/h14-15H,2-13,16H2,1H3. The van der Waals surface area contributed by atoms with Crippen molar-refractivity contribution in [1.29, 1.82) is 0 Å². The third-order valence-corrected chi connectivity index (χ3v) is 4.52. The van der Waals surface area contributed by atoms with Crippen LogP contribution in [0.25, 0.3) is 0 Å². The number of morpholine rings is 1. The van der Waals surface area contributed by atoms with Gasteiger partial charge in [-0.05, 0) is 39.4 Å². The van der Waals surface area contributed by atoms with Crippen molar-refractivity contribution in [3.8, 4) is 0 Å². The van der Waals surface area contributed by atoms with Gasteiger partial charge in [-0.2, -0.15) is 0 Å². The molecule has 0 radical (unpaired) electrons. The molecule has 0 bridgehead atoms. The summed E-state index contributed by atoms with van der Waals surface area (Å²) in [5.41, 5.74) is 5.70. The van der Waals surface area contributed by atoms with E-state index in [1.54, 1.807) is 0 Å². The van der Waals surface area contributed by atoms with Gasteiger partial charge in [0.05, 0.1) is 12.7 Å². The second-order valence-corrected chi connectivity index (χ2v) is 6.18. The normalized spacial score (nSPS) is 27.0. The lowest BCUT2D eigenvalue weighted by Crippen LogP contribution is -2.49. The number of nitrogens with two attached hydrogens (primary N) is 1. The summed E-state index contributed by atoms with van der Waals surface area (Å²) in [6.45, 7) is 6.07. The van der Waals surface area contributed by atoms with Crippen LogP contribution in [0.4, 0.5) is 0 Å². The molecule has 0 aromatic rings. The molecule has 1 unspecified atom stereocenters. The van der Waals surface area contributed by atoms with Crippen LogP contribution in [0, 0.1) is 0 Å². The van der Waals surface area contributed by atoms with Crippen LogP contribution < -0.4 is 5.73 Å². The maximum atomic E-state index is 5.94. The maximum Gasteiger partial charge on any atom is 0.0829 e. The Balaban J connectivity index is 1.84. The van der Waals surface area contributed by atoms with Gasteiger partial charge in [0.2, 0.25) is 0 Å². The van der Waals surface area contributed by atoms with Crippen molar-refractivity contribution in [2.45, 2.75) is 50.7 Å². The van der Waals surface area contributed by atoms with Crippen LogP contribution in [-0.4, -0.2) is 68.3 Å². The molecule has 1 aliphatic carbocycles. The first kappa shape index (κ1) is 15.2. The summed E-state index contributed by atoms with van der Waals surface area (Å²) in [5.74, 6) is 0. The maximum absolute atomic E-state index is 5.94. The number of ether oxygens (including phenoxy) is 1. The van der Waals surface area contributed by atoms with Gasteiger partial charge in [-0.1, -0.05) is 19.3 Å². The van der Waals surface area contributed by atoms with Crippen molar-refractivity contribution < 1.29 is 4.74 Å². The molecule has 1 aliphatic heterocycles. The molecule has 2 fully saturated rings. The van der Waals surface area contributed by atoms with Crippen molar-refractivity contribution in [3.63, 3.8) is 0 Å². The van der Waals surface area contributed by atoms with E-state index in [-0.39, 0.29) is 0 Å². The van der Waals surface area contributed by atoms with Gasteiger partial charge in [0.15, 0.2) is 0 Å². The van der Waals surface area contributed by atoms with Crippen LogP contribution in [0.2, 0.25) is 0 Å². The molecule has 0 amide bonds. The Morgan fingerprint density at radius 1 is 1.26 bits per heavy atom. The topological polar surface area (TPSA) is 41.7 Å². The zero-order valence-corrected chi connectivity index (χ0v) is 12.5. The van der Waals surface area contributed by atoms with Crippen molar-refractivity contribution >= 4 is 0 Å². The molecule has 19 heavy (non-hydrogen) atoms. The second kappa shape index (κ2) is 8.20. The molecule has 2 rings (SSSR count). The molecule has 1 saturated heterocycles. The quantitative estimate of drug-likeness (QED) is 0.789. The van der Waals surface area contributed by atoms with E-state index in [9.17, 15) is 0 Å². The predicted octanol–water partition coefficient (Wildman–Crippen LogP) is 1.30. The highest BCUT2D eigenvalue weighted by Crippen LogP contribution is 2.23. The summed E-state index contributed by atoms with van der Waals surface area (Å²) in [7, 11) is 2.19. The zero-order valence-electron chi connectivity index (χ0n) is 12.5. The molecule has 0 aromatic heterocycles. The fourth-order valence-corrected chi connectivity index (χ4v) is 3.40. The van der Waals surface area contributed by atoms with Gasteiger partial charge in [-0.15, -0.1) is 0 Å². The highest BCUT2D eigenvalue weighted by Gasteiger charge is 2.26. The number of nitrogens with zero attached hydrogens (tertiary/aromatic N) is 2. The molecular weight excluding hydrogens is 238 g/mol. The van der Waals surface area contributed by atoms with Crippen LogP contribution in [0.15, 0.2) is 0 Å². The van der Waals surface area contributed by atoms with Crippen molar-refractivity contribution in [3.05, 3.63) is 0 Å². The van der Waals surface area contributed by atoms with E-state index < -0.39 is 0 Å². The first-order chi connectivity index (χ1) is 9.29. The molecule has 1 atom stereocenters. The van der Waals surface area contributed by atoms with Crippen molar-refractivity contribution in [2.24, 2.45) is 5.73 Å². The molecule has 2 aliphatic rings. The molecular formula is C15H31N3O. The average molecular weight is 269 g/mol. The molecule has 4 nitrogen and oxygen atoms in total. The predicted molar refractivity (Wildman–Crippen MR) is 79.4 cm³/mol. The third-order valence-electron chi connectivity index (χ3n) is 4.52. The highest BCUT2D eigenvalue weighted by atomic mass is 16.5. The molecule has 2 N–H and O–H groups in total. The van der Waals surface area contributed by atoms with Gasteiger partial charge in [0.1, 0.15) is 0 Å². The van der Waals surface area contributed by atoms with Crippen LogP contribution in [0.3, 0.4) is 0 Å². The molecule has 1 heterocycles. The van der Waals surface area contributed by atoms with E-state index in [1.165, 1.54) is 32.1 Å². The zero-order chi connectivity index (χ0) is 13.5. The Hall–Kier alpha value is -0.160. The highest BCUT2D eigenvalue weighted by molar-refractivity contribution is 4.80. The number of hydrogen-bond acceptors (Lipinski definition) is 4.